The third-order valence-corrected chi connectivity index (χ3v) is 3.42. The minimum atomic E-state index is -0.288. The van der Waals surface area contributed by atoms with Crippen LogP contribution in [-0.4, -0.2) is 6.61 Å². The highest BCUT2D eigenvalue weighted by atomic mass is 35.5. The van der Waals surface area contributed by atoms with Crippen molar-refractivity contribution < 1.29 is 9.13 Å². The van der Waals surface area contributed by atoms with E-state index in [1.165, 1.54) is 11.6 Å². The van der Waals surface area contributed by atoms with Gasteiger partial charge in [0, 0.05) is 29.2 Å². The first-order valence-electron chi connectivity index (χ1n) is 6.16. The van der Waals surface area contributed by atoms with Crippen LogP contribution in [0.15, 0.2) is 36.4 Å². The Balaban J connectivity index is 1.72. The maximum atomic E-state index is 13.6. The van der Waals surface area contributed by atoms with Gasteiger partial charge in [-0.2, -0.15) is 0 Å². The molecule has 0 bridgehead atoms. The Morgan fingerprint density at radius 2 is 2.11 bits per heavy atom. The van der Waals surface area contributed by atoms with Crippen LogP contribution in [0.5, 0.6) is 5.75 Å². The molecule has 0 atom stereocenters. The van der Waals surface area contributed by atoms with E-state index in [0.717, 1.165) is 24.5 Å². The molecule has 0 saturated heterocycles. The molecule has 0 aromatic heterocycles. The number of halogens is 2. The highest BCUT2D eigenvalue weighted by molar-refractivity contribution is 6.30. The van der Waals surface area contributed by atoms with Gasteiger partial charge in [-0.3, -0.25) is 0 Å². The molecule has 2 aromatic carbocycles. The summed E-state index contributed by atoms with van der Waals surface area (Å²) in [7, 11) is 0. The lowest BCUT2D eigenvalue weighted by atomic mass is 10.1. The zero-order chi connectivity index (χ0) is 13.2. The molecular formula is C15H13ClFNO. The SMILES string of the molecule is Fc1cc(Cl)ccc1CNc1ccc2c(c1)CCO2. The van der Waals surface area contributed by atoms with Crippen LogP contribution >= 0.6 is 11.6 Å². The molecule has 3 rings (SSSR count). The maximum absolute atomic E-state index is 13.6. The summed E-state index contributed by atoms with van der Waals surface area (Å²) >= 11 is 5.72. The van der Waals surface area contributed by atoms with Crippen molar-refractivity contribution in [1.82, 2.24) is 0 Å². The Morgan fingerprint density at radius 1 is 1.21 bits per heavy atom. The smallest absolute Gasteiger partial charge is 0.129 e. The highest BCUT2D eigenvalue weighted by Gasteiger charge is 2.12. The lowest BCUT2D eigenvalue weighted by molar-refractivity contribution is 0.357. The van der Waals surface area contributed by atoms with Crippen molar-refractivity contribution >= 4 is 17.3 Å². The Morgan fingerprint density at radius 3 is 2.95 bits per heavy atom. The first-order chi connectivity index (χ1) is 9.22. The molecule has 19 heavy (non-hydrogen) atoms. The van der Waals surface area contributed by atoms with Gasteiger partial charge in [0.15, 0.2) is 0 Å². The van der Waals surface area contributed by atoms with Gasteiger partial charge in [0.05, 0.1) is 6.61 Å². The van der Waals surface area contributed by atoms with Gasteiger partial charge in [0.1, 0.15) is 11.6 Å². The highest BCUT2D eigenvalue weighted by Crippen LogP contribution is 2.28. The van der Waals surface area contributed by atoms with E-state index in [1.807, 2.05) is 12.1 Å². The van der Waals surface area contributed by atoms with Gasteiger partial charge < -0.3 is 10.1 Å². The summed E-state index contributed by atoms with van der Waals surface area (Å²) in [6.45, 7) is 1.17. The fraction of sp³-hybridized carbons (Fsp3) is 0.200. The lowest BCUT2D eigenvalue weighted by Crippen LogP contribution is -2.01. The van der Waals surface area contributed by atoms with Gasteiger partial charge in [0.25, 0.3) is 0 Å². The van der Waals surface area contributed by atoms with Crippen LogP contribution in [0.4, 0.5) is 10.1 Å². The largest absolute Gasteiger partial charge is 0.493 e. The summed E-state index contributed by atoms with van der Waals surface area (Å²) in [5.41, 5.74) is 2.77. The van der Waals surface area contributed by atoms with Crippen molar-refractivity contribution in [3.05, 3.63) is 58.4 Å². The molecule has 1 heterocycles. The molecule has 2 aromatic rings. The third kappa shape index (κ3) is 2.66. The molecule has 1 aliphatic rings. The number of rotatable bonds is 3. The Kier molecular flexibility index (Phi) is 3.30. The van der Waals surface area contributed by atoms with Crippen molar-refractivity contribution in [2.24, 2.45) is 0 Å². The second kappa shape index (κ2) is 5.10. The van der Waals surface area contributed by atoms with E-state index >= 15 is 0 Å². The molecule has 4 heteroatoms. The first-order valence-corrected chi connectivity index (χ1v) is 6.54. The molecule has 0 unspecified atom stereocenters. The fourth-order valence-electron chi connectivity index (χ4n) is 2.16. The summed E-state index contributed by atoms with van der Waals surface area (Å²) in [5, 5.41) is 3.63. The van der Waals surface area contributed by atoms with Gasteiger partial charge in [-0.25, -0.2) is 4.39 Å². The van der Waals surface area contributed by atoms with E-state index in [-0.39, 0.29) is 5.82 Å². The first kappa shape index (κ1) is 12.3. The molecule has 2 nitrogen and oxygen atoms in total. The van der Waals surface area contributed by atoms with Gasteiger partial charge in [0.2, 0.25) is 0 Å². The monoisotopic (exact) mass is 277 g/mol. The maximum Gasteiger partial charge on any atom is 0.129 e. The van der Waals surface area contributed by atoms with Crippen molar-refractivity contribution in [1.29, 1.82) is 0 Å². The van der Waals surface area contributed by atoms with Crippen LogP contribution in [0, 0.1) is 5.82 Å². The van der Waals surface area contributed by atoms with E-state index in [9.17, 15) is 4.39 Å². The molecule has 0 fully saturated rings. The molecule has 0 radical (unpaired) electrons. The molecule has 0 aliphatic carbocycles. The summed E-state index contributed by atoms with van der Waals surface area (Å²) in [6.07, 6.45) is 0.931. The number of anilines is 1. The van der Waals surface area contributed by atoms with Crippen LogP contribution in [0.25, 0.3) is 0 Å². The van der Waals surface area contributed by atoms with E-state index in [4.69, 9.17) is 16.3 Å². The fourth-order valence-corrected chi connectivity index (χ4v) is 2.32. The van der Waals surface area contributed by atoms with Gasteiger partial charge in [-0.15, -0.1) is 0 Å². The normalized spacial score (nSPS) is 12.9. The molecule has 1 aliphatic heterocycles. The summed E-state index contributed by atoms with van der Waals surface area (Å²) < 4.78 is 19.1. The van der Waals surface area contributed by atoms with Crippen LogP contribution in [-0.2, 0) is 13.0 Å². The third-order valence-electron chi connectivity index (χ3n) is 3.19. The van der Waals surface area contributed by atoms with Crippen molar-refractivity contribution in [3.63, 3.8) is 0 Å². The lowest BCUT2D eigenvalue weighted by Gasteiger charge is -2.09. The van der Waals surface area contributed by atoms with Gasteiger partial charge in [-0.1, -0.05) is 17.7 Å². The number of fused-ring (bicyclic) bond motifs is 1. The molecule has 0 amide bonds. The molecule has 1 N–H and O–H groups in total. The summed E-state index contributed by atoms with van der Waals surface area (Å²) in [6, 6.07) is 10.7. The number of nitrogens with one attached hydrogen (secondary N) is 1. The van der Waals surface area contributed by atoms with Crippen LogP contribution in [0.1, 0.15) is 11.1 Å². The summed E-state index contributed by atoms with van der Waals surface area (Å²) in [4.78, 5) is 0. The average molecular weight is 278 g/mol. The number of ether oxygens (including phenoxy) is 1. The van der Waals surface area contributed by atoms with Crippen molar-refractivity contribution in [3.8, 4) is 5.75 Å². The predicted molar refractivity (Wildman–Crippen MR) is 74.4 cm³/mol. The number of hydrogen-bond donors (Lipinski definition) is 1. The van der Waals surface area contributed by atoms with Crippen LogP contribution < -0.4 is 10.1 Å². The Hall–Kier alpha value is -1.74. The Bertz CT molecular complexity index is 615. The van der Waals surface area contributed by atoms with Gasteiger partial charge >= 0.3 is 0 Å². The minimum Gasteiger partial charge on any atom is -0.493 e. The summed E-state index contributed by atoms with van der Waals surface area (Å²) in [5.74, 6) is 0.660. The molecule has 98 valence electrons. The second-order valence-electron chi connectivity index (χ2n) is 4.51. The predicted octanol–water partition coefficient (Wildman–Crippen LogP) is 4.03. The van der Waals surface area contributed by atoms with E-state index < -0.39 is 0 Å². The van der Waals surface area contributed by atoms with E-state index in [0.29, 0.717) is 17.1 Å². The zero-order valence-corrected chi connectivity index (χ0v) is 11.0. The molecular weight excluding hydrogens is 265 g/mol. The number of benzene rings is 2. The quantitative estimate of drug-likeness (QED) is 0.915. The van der Waals surface area contributed by atoms with Crippen molar-refractivity contribution in [2.45, 2.75) is 13.0 Å². The molecule has 0 saturated carbocycles. The average Bonchev–Trinajstić information content (AvgIpc) is 2.85. The van der Waals surface area contributed by atoms with Crippen LogP contribution in [0.3, 0.4) is 0 Å². The molecule has 0 spiro atoms. The zero-order valence-electron chi connectivity index (χ0n) is 10.2. The minimum absolute atomic E-state index is 0.288. The van der Waals surface area contributed by atoms with Crippen molar-refractivity contribution in [2.75, 3.05) is 11.9 Å². The number of hydrogen-bond acceptors (Lipinski definition) is 2. The van der Waals surface area contributed by atoms with E-state index in [2.05, 4.69) is 11.4 Å². The Labute approximate surface area is 116 Å². The van der Waals surface area contributed by atoms with Crippen LogP contribution in [0.2, 0.25) is 5.02 Å². The second-order valence-corrected chi connectivity index (χ2v) is 4.95. The standard InChI is InChI=1S/C15H13ClFNO/c16-12-2-1-11(14(17)8-12)9-18-13-3-4-15-10(7-13)5-6-19-15/h1-4,7-8,18H,5-6,9H2. The van der Waals surface area contributed by atoms with E-state index in [1.54, 1.807) is 12.1 Å². The van der Waals surface area contributed by atoms with Gasteiger partial charge in [-0.05, 0) is 35.9 Å². The topological polar surface area (TPSA) is 21.3 Å².